The number of nitrogens with zero attached hydrogens (tertiary/aromatic N) is 3. The van der Waals surface area contributed by atoms with Gasteiger partial charge in [-0.05, 0) is 30.9 Å². The molecule has 0 spiro atoms. The minimum atomic E-state index is 0.00350. The van der Waals surface area contributed by atoms with Gasteiger partial charge >= 0.3 is 0 Å². The maximum absolute atomic E-state index is 13.0. The molecule has 2 heterocycles. The van der Waals surface area contributed by atoms with Gasteiger partial charge in [0.15, 0.2) is 5.69 Å². The Hall–Kier alpha value is -2.50. The Balaban J connectivity index is 1.45. The minimum Gasteiger partial charge on any atom is -0.495 e. The number of amides is 1. The van der Waals surface area contributed by atoms with Crippen molar-refractivity contribution in [1.82, 2.24) is 10.1 Å². The largest absolute Gasteiger partial charge is 0.495 e. The number of carbonyl (C=O) groups excluding carboxylic acids is 1. The van der Waals surface area contributed by atoms with Gasteiger partial charge in [-0.15, -0.1) is 0 Å². The molecule has 6 nitrogen and oxygen atoms in total. The Bertz CT molecular complexity index is 793. The van der Waals surface area contributed by atoms with Gasteiger partial charge in [0.1, 0.15) is 11.5 Å². The van der Waals surface area contributed by atoms with Crippen molar-refractivity contribution in [2.45, 2.75) is 26.2 Å². The van der Waals surface area contributed by atoms with Crippen molar-refractivity contribution in [3.63, 3.8) is 0 Å². The fourth-order valence-corrected chi connectivity index (χ4v) is 3.94. The lowest BCUT2D eigenvalue weighted by molar-refractivity contribution is 0.0735. The predicted octanol–water partition coefficient (Wildman–Crippen LogP) is 2.77. The molecule has 1 aromatic carbocycles. The van der Waals surface area contributed by atoms with Crippen molar-refractivity contribution in [3.05, 3.63) is 41.3 Å². The molecule has 0 radical (unpaired) electrons. The zero-order valence-corrected chi connectivity index (χ0v) is 15.4. The zero-order valence-electron chi connectivity index (χ0n) is 15.4. The number of fused-ring (bicyclic) bond motifs is 1. The fraction of sp³-hybridized carbons (Fsp3) is 0.500. The molecule has 6 heteroatoms. The number of benzene rings is 1. The van der Waals surface area contributed by atoms with E-state index >= 15 is 0 Å². The summed E-state index contributed by atoms with van der Waals surface area (Å²) in [6, 6.07) is 8.01. The highest BCUT2D eigenvalue weighted by Gasteiger charge is 2.31. The molecule has 4 rings (SSSR count). The molecule has 0 saturated carbocycles. The van der Waals surface area contributed by atoms with Crippen molar-refractivity contribution >= 4 is 11.6 Å². The van der Waals surface area contributed by atoms with Gasteiger partial charge in [-0.25, -0.2) is 0 Å². The number of methoxy groups -OCH3 is 1. The Morgan fingerprint density at radius 1 is 1.23 bits per heavy atom. The van der Waals surface area contributed by atoms with E-state index < -0.39 is 0 Å². The molecular weight excluding hydrogens is 330 g/mol. The van der Waals surface area contributed by atoms with Crippen LogP contribution in [-0.2, 0) is 12.8 Å². The van der Waals surface area contributed by atoms with E-state index in [1.54, 1.807) is 7.11 Å². The van der Waals surface area contributed by atoms with Crippen molar-refractivity contribution in [1.29, 1.82) is 0 Å². The second-order valence-corrected chi connectivity index (χ2v) is 7.23. The Morgan fingerprint density at radius 3 is 2.77 bits per heavy atom. The molecule has 0 N–H and O–H groups in total. The van der Waals surface area contributed by atoms with Crippen molar-refractivity contribution in [2.75, 3.05) is 38.2 Å². The summed E-state index contributed by atoms with van der Waals surface area (Å²) in [4.78, 5) is 17.1. The van der Waals surface area contributed by atoms with Gasteiger partial charge in [0.25, 0.3) is 5.91 Å². The molecule has 138 valence electrons. The summed E-state index contributed by atoms with van der Waals surface area (Å²) >= 11 is 0. The molecule has 2 aromatic rings. The third kappa shape index (κ3) is 3.04. The normalized spacial score (nSPS) is 20.0. The first-order valence-electron chi connectivity index (χ1n) is 9.32. The molecular formula is C20H25N3O3. The Morgan fingerprint density at radius 2 is 2.00 bits per heavy atom. The number of aryl methyl sites for hydroxylation is 1. The Kier molecular flexibility index (Phi) is 4.57. The van der Waals surface area contributed by atoms with Gasteiger partial charge in [0.05, 0.1) is 12.8 Å². The summed E-state index contributed by atoms with van der Waals surface area (Å²) in [7, 11) is 1.69. The molecule has 0 bridgehead atoms. The lowest BCUT2D eigenvalue weighted by Gasteiger charge is -2.36. The molecule has 0 unspecified atom stereocenters. The number of aromatic nitrogens is 1. The van der Waals surface area contributed by atoms with Crippen LogP contribution in [0.2, 0.25) is 0 Å². The first kappa shape index (κ1) is 16.9. The number of piperazine rings is 1. The highest BCUT2D eigenvalue weighted by atomic mass is 16.5. The molecule has 1 aliphatic carbocycles. The lowest BCUT2D eigenvalue weighted by Crippen LogP contribution is -2.49. The summed E-state index contributed by atoms with van der Waals surface area (Å²) in [5.74, 6) is 2.35. The van der Waals surface area contributed by atoms with E-state index in [1.165, 1.54) is 0 Å². The van der Waals surface area contributed by atoms with E-state index in [4.69, 9.17) is 9.26 Å². The molecule has 1 aromatic heterocycles. The van der Waals surface area contributed by atoms with Gasteiger partial charge in [-0.3, -0.25) is 4.79 Å². The first-order chi connectivity index (χ1) is 12.7. The summed E-state index contributed by atoms with van der Waals surface area (Å²) in [6.45, 7) is 5.13. The number of rotatable bonds is 3. The van der Waals surface area contributed by atoms with E-state index in [0.29, 0.717) is 24.7 Å². The maximum atomic E-state index is 13.0. The van der Waals surface area contributed by atoms with Crippen LogP contribution in [0.25, 0.3) is 0 Å². The predicted molar refractivity (Wildman–Crippen MR) is 98.8 cm³/mol. The molecule has 1 saturated heterocycles. The zero-order chi connectivity index (χ0) is 18.1. The van der Waals surface area contributed by atoms with E-state index in [0.717, 1.165) is 55.1 Å². The van der Waals surface area contributed by atoms with E-state index in [-0.39, 0.29) is 5.91 Å². The third-order valence-corrected chi connectivity index (χ3v) is 5.48. The van der Waals surface area contributed by atoms with Crippen molar-refractivity contribution in [3.8, 4) is 5.75 Å². The summed E-state index contributed by atoms with van der Waals surface area (Å²) in [6.07, 6.45) is 2.88. The monoisotopic (exact) mass is 355 g/mol. The van der Waals surface area contributed by atoms with Crippen LogP contribution >= 0.6 is 0 Å². The van der Waals surface area contributed by atoms with Gasteiger partial charge in [0.2, 0.25) is 0 Å². The third-order valence-electron chi connectivity index (χ3n) is 5.48. The van der Waals surface area contributed by atoms with E-state index in [2.05, 4.69) is 23.0 Å². The van der Waals surface area contributed by atoms with Crippen LogP contribution in [0.4, 0.5) is 5.69 Å². The molecule has 1 fully saturated rings. The number of hydrogen-bond donors (Lipinski definition) is 0. The van der Waals surface area contributed by atoms with Crippen LogP contribution in [0.3, 0.4) is 0 Å². The number of anilines is 1. The van der Waals surface area contributed by atoms with Crippen molar-refractivity contribution in [2.24, 2.45) is 5.92 Å². The summed E-state index contributed by atoms with van der Waals surface area (Å²) < 4.78 is 10.9. The van der Waals surface area contributed by atoms with Crippen LogP contribution in [0.5, 0.6) is 5.75 Å². The highest BCUT2D eigenvalue weighted by molar-refractivity contribution is 5.94. The van der Waals surface area contributed by atoms with Crippen LogP contribution in [0, 0.1) is 5.92 Å². The number of ether oxygens (including phenoxy) is 1. The Labute approximate surface area is 153 Å². The first-order valence-corrected chi connectivity index (χ1v) is 9.32. The minimum absolute atomic E-state index is 0.00350. The quantitative estimate of drug-likeness (QED) is 0.847. The number of hydrogen-bond acceptors (Lipinski definition) is 5. The summed E-state index contributed by atoms with van der Waals surface area (Å²) in [5.41, 5.74) is 2.63. The fourth-order valence-electron chi connectivity index (χ4n) is 3.94. The van der Waals surface area contributed by atoms with Crippen LogP contribution in [-0.4, -0.2) is 49.3 Å². The van der Waals surface area contributed by atoms with E-state index in [9.17, 15) is 4.79 Å². The van der Waals surface area contributed by atoms with Gasteiger partial charge in [0, 0.05) is 38.2 Å². The van der Waals surface area contributed by atoms with Gasteiger partial charge < -0.3 is 19.1 Å². The number of carbonyl (C=O) groups is 1. The molecule has 1 amide bonds. The topological polar surface area (TPSA) is 58.8 Å². The number of para-hydroxylation sites is 2. The maximum Gasteiger partial charge on any atom is 0.276 e. The van der Waals surface area contributed by atoms with Gasteiger partial charge in [-0.1, -0.05) is 24.2 Å². The molecule has 1 atom stereocenters. The molecule has 2 aliphatic rings. The van der Waals surface area contributed by atoms with Gasteiger partial charge in [-0.2, -0.15) is 0 Å². The standard InChI is InChI=1S/C20H25N3O3/c1-14-7-8-17-15(13-14)19(21-26-17)20(24)23-11-9-22(10-12-23)16-5-3-4-6-18(16)25-2/h3-6,14H,7-13H2,1-2H3/t14-/m1/s1. The van der Waals surface area contributed by atoms with Crippen LogP contribution in [0.15, 0.2) is 28.8 Å². The second-order valence-electron chi connectivity index (χ2n) is 7.23. The highest BCUT2D eigenvalue weighted by Crippen LogP contribution is 2.30. The van der Waals surface area contributed by atoms with Crippen LogP contribution < -0.4 is 9.64 Å². The lowest BCUT2D eigenvalue weighted by atomic mass is 9.88. The van der Waals surface area contributed by atoms with E-state index in [1.807, 2.05) is 23.1 Å². The average molecular weight is 355 g/mol. The van der Waals surface area contributed by atoms with Crippen molar-refractivity contribution < 1.29 is 14.1 Å². The van der Waals surface area contributed by atoms with Crippen LogP contribution in [0.1, 0.15) is 35.2 Å². The smallest absolute Gasteiger partial charge is 0.276 e. The molecule has 26 heavy (non-hydrogen) atoms. The SMILES string of the molecule is COc1ccccc1N1CCN(C(=O)c2noc3c2C[C@H](C)CC3)CC1. The molecule has 1 aliphatic heterocycles. The summed E-state index contributed by atoms with van der Waals surface area (Å²) in [5, 5.41) is 4.11. The second kappa shape index (κ2) is 7.02. The average Bonchev–Trinajstić information content (AvgIpc) is 3.10.